The van der Waals surface area contributed by atoms with Crippen molar-refractivity contribution >= 4 is 15.0 Å². The summed E-state index contributed by atoms with van der Waals surface area (Å²) in [5, 5.41) is 0. The minimum absolute atomic E-state index is 0.344. The molecule has 54 valence electrons. The zero-order valence-electron chi connectivity index (χ0n) is 5.28. The van der Waals surface area contributed by atoms with Gasteiger partial charge < -0.3 is 5.73 Å². The molecular formula is C6H8N2OS. The number of hydrogen-bond donors (Lipinski definition) is 2. The number of rotatable bonds is 0. The van der Waals surface area contributed by atoms with Crippen LogP contribution in [0.1, 0.15) is 0 Å². The summed E-state index contributed by atoms with van der Waals surface area (Å²) in [6.45, 7) is 0. The van der Waals surface area contributed by atoms with Crippen molar-refractivity contribution in [3.63, 3.8) is 0 Å². The number of nitrogens with one attached hydrogen (secondary N) is 1. The first kappa shape index (κ1) is 7.24. The van der Waals surface area contributed by atoms with Crippen LogP contribution in [0.25, 0.3) is 0 Å². The Morgan fingerprint density at radius 1 is 1.60 bits per heavy atom. The average Bonchev–Trinajstić information content (AvgIpc) is 1.88. The summed E-state index contributed by atoms with van der Waals surface area (Å²) in [6, 6.07) is -0.344. The van der Waals surface area contributed by atoms with Crippen LogP contribution in [0.2, 0.25) is 0 Å². The quantitative estimate of drug-likeness (QED) is 0.489. The first-order valence-electron chi connectivity index (χ1n) is 2.82. The molecule has 0 aliphatic heterocycles. The van der Waals surface area contributed by atoms with E-state index in [-0.39, 0.29) is 6.04 Å². The zero-order chi connectivity index (χ0) is 7.56. The van der Waals surface area contributed by atoms with E-state index in [1.165, 1.54) is 0 Å². The summed E-state index contributed by atoms with van der Waals surface area (Å²) in [5.74, 6) is 0. The molecule has 0 spiro atoms. The highest BCUT2D eigenvalue weighted by Gasteiger charge is 2.05. The number of hydrogen-bond acceptors (Lipinski definition) is 3. The summed E-state index contributed by atoms with van der Waals surface area (Å²) in [6.07, 6.45) is 6.84. The molecule has 1 unspecified atom stereocenters. The Labute approximate surface area is 60.8 Å². The molecule has 1 rings (SSSR count). The number of nitrogens with two attached hydrogens (primary N) is 1. The van der Waals surface area contributed by atoms with Crippen molar-refractivity contribution in [1.29, 1.82) is 4.78 Å². The second-order valence-electron chi connectivity index (χ2n) is 1.94. The van der Waals surface area contributed by atoms with E-state index in [1.807, 2.05) is 0 Å². The van der Waals surface area contributed by atoms with Crippen molar-refractivity contribution in [2.75, 3.05) is 0 Å². The van der Waals surface area contributed by atoms with Gasteiger partial charge in [-0.25, -0.2) is 8.99 Å². The molecule has 0 aromatic carbocycles. The monoisotopic (exact) mass is 156 g/mol. The molecule has 0 amide bonds. The normalized spacial score (nSPS) is 23.3. The van der Waals surface area contributed by atoms with Crippen LogP contribution in [-0.4, -0.2) is 15.1 Å². The van der Waals surface area contributed by atoms with Crippen molar-refractivity contribution < 1.29 is 4.21 Å². The summed E-state index contributed by atoms with van der Waals surface area (Å²) >= 11 is 0. The molecule has 10 heavy (non-hydrogen) atoms. The molecule has 1 atom stereocenters. The summed E-state index contributed by atoms with van der Waals surface area (Å²) in [5.41, 5.74) is 5.49. The Kier molecular flexibility index (Phi) is 2.03. The van der Waals surface area contributed by atoms with Gasteiger partial charge >= 0.3 is 0 Å². The molecule has 3 N–H and O–H groups in total. The van der Waals surface area contributed by atoms with Crippen LogP contribution >= 0.6 is 0 Å². The van der Waals surface area contributed by atoms with Gasteiger partial charge in [-0.3, -0.25) is 0 Å². The fraction of sp³-hybridized carbons (Fsp3) is 0.167. The maximum Gasteiger partial charge on any atom is 0.0988 e. The lowest BCUT2D eigenvalue weighted by Gasteiger charge is -2.05. The van der Waals surface area contributed by atoms with Crippen molar-refractivity contribution in [2.45, 2.75) is 6.04 Å². The van der Waals surface area contributed by atoms with Gasteiger partial charge in [-0.1, -0.05) is 18.2 Å². The molecule has 1 aliphatic rings. The van der Waals surface area contributed by atoms with E-state index in [0.29, 0.717) is 4.86 Å². The lowest BCUT2D eigenvalue weighted by atomic mass is 10.1. The molecule has 0 radical (unpaired) electrons. The van der Waals surface area contributed by atoms with Crippen LogP contribution in [0.5, 0.6) is 0 Å². The highest BCUT2D eigenvalue weighted by atomic mass is 32.2. The van der Waals surface area contributed by atoms with Gasteiger partial charge in [-0.05, 0) is 6.08 Å². The van der Waals surface area contributed by atoms with Gasteiger partial charge in [0, 0.05) is 0 Å². The predicted octanol–water partition coefficient (Wildman–Crippen LogP) is 0.123. The molecular weight excluding hydrogens is 148 g/mol. The highest BCUT2D eigenvalue weighted by molar-refractivity contribution is 7.74. The van der Waals surface area contributed by atoms with Gasteiger partial charge in [-0.15, -0.1) is 0 Å². The first-order chi connectivity index (χ1) is 4.72. The molecule has 0 bridgehead atoms. The lowest BCUT2D eigenvalue weighted by molar-refractivity contribution is 0.695. The van der Waals surface area contributed by atoms with E-state index in [1.54, 1.807) is 24.3 Å². The Morgan fingerprint density at radius 2 is 2.30 bits per heavy atom. The van der Waals surface area contributed by atoms with Gasteiger partial charge in [0.15, 0.2) is 0 Å². The molecule has 0 saturated carbocycles. The van der Waals surface area contributed by atoms with Crippen LogP contribution in [0, 0.1) is 4.78 Å². The van der Waals surface area contributed by atoms with Gasteiger partial charge in [0.05, 0.1) is 21.1 Å². The lowest BCUT2D eigenvalue weighted by Crippen LogP contribution is -2.28. The molecule has 0 fully saturated rings. The minimum atomic E-state index is -1.68. The molecule has 1 aliphatic carbocycles. The van der Waals surface area contributed by atoms with Crippen molar-refractivity contribution in [3.05, 3.63) is 24.3 Å². The average molecular weight is 156 g/mol. The van der Waals surface area contributed by atoms with Gasteiger partial charge in [-0.2, -0.15) is 0 Å². The smallest absolute Gasteiger partial charge is 0.0988 e. The Balaban J connectivity index is 3.15. The molecule has 3 nitrogen and oxygen atoms in total. The van der Waals surface area contributed by atoms with E-state index in [9.17, 15) is 4.21 Å². The van der Waals surface area contributed by atoms with Crippen LogP contribution in [-0.2, 0) is 10.2 Å². The van der Waals surface area contributed by atoms with E-state index >= 15 is 0 Å². The first-order valence-corrected chi connectivity index (χ1v) is 3.97. The second kappa shape index (κ2) is 2.81. The van der Waals surface area contributed by atoms with Gasteiger partial charge in [0.25, 0.3) is 0 Å². The fourth-order valence-electron chi connectivity index (χ4n) is 0.726. The second-order valence-corrected chi connectivity index (χ2v) is 2.95. The fourth-order valence-corrected chi connectivity index (χ4v) is 1.25. The van der Waals surface area contributed by atoms with Crippen LogP contribution < -0.4 is 5.73 Å². The van der Waals surface area contributed by atoms with Crippen molar-refractivity contribution in [3.8, 4) is 0 Å². The number of allylic oxidation sites excluding steroid dienone is 2. The van der Waals surface area contributed by atoms with E-state index in [2.05, 4.69) is 0 Å². The largest absolute Gasteiger partial charge is 0.320 e. The molecule has 4 heteroatoms. The molecule has 0 saturated heterocycles. The third-order valence-corrected chi connectivity index (χ3v) is 2.07. The summed E-state index contributed by atoms with van der Waals surface area (Å²) in [7, 11) is -1.68. The topological polar surface area (TPSA) is 66.9 Å². The maximum atomic E-state index is 10.6. The maximum absolute atomic E-state index is 10.6. The Bertz CT molecular complexity index is 303. The van der Waals surface area contributed by atoms with Crippen LogP contribution in [0.4, 0.5) is 0 Å². The summed E-state index contributed by atoms with van der Waals surface area (Å²) in [4.78, 5) is 0.461. The van der Waals surface area contributed by atoms with Crippen LogP contribution in [0.3, 0.4) is 0 Å². The third-order valence-electron chi connectivity index (χ3n) is 1.23. The SMILES string of the molecule is N=S(=O)=C1C=CC=CC1N. The van der Waals surface area contributed by atoms with E-state index in [4.69, 9.17) is 10.5 Å². The molecule has 0 heterocycles. The van der Waals surface area contributed by atoms with Gasteiger partial charge in [0.1, 0.15) is 0 Å². The third kappa shape index (κ3) is 1.34. The molecule has 0 aromatic heterocycles. The van der Waals surface area contributed by atoms with Crippen molar-refractivity contribution in [2.24, 2.45) is 5.73 Å². The van der Waals surface area contributed by atoms with E-state index < -0.39 is 10.2 Å². The van der Waals surface area contributed by atoms with Crippen molar-refractivity contribution in [1.82, 2.24) is 0 Å². The molecule has 0 aromatic rings. The Hall–Kier alpha value is -0.870. The van der Waals surface area contributed by atoms with Gasteiger partial charge in [0.2, 0.25) is 0 Å². The zero-order valence-corrected chi connectivity index (χ0v) is 6.10. The minimum Gasteiger partial charge on any atom is -0.320 e. The standard InChI is InChI=1S/C6H8N2OS/c7-5-3-1-2-4-6(5)10(8)9/h1-5,8H,7H2. The van der Waals surface area contributed by atoms with E-state index in [0.717, 1.165) is 0 Å². The van der Waals surface area contributed by atoms with Crippen LogP contribution in [0.15, 0.2) is 24.3 Å². The highest BCUT2D eigenvalue weighted by Crippen LogP contribution is 1.96. The Morgan fingerprint density at radius 3 is 2.70 bits per heavy atom. The predicted molar refractivity (Wildman–Crippen MR) is 42.1 cm³/mol. The summed E-state index contributed by atoms with van der Waals surface area (Å²) < 4.78 is 17.5.